The van der Waals surface area contributed by atoms with Crippen LogP contribution in [0.3, 0.4) is 0 Å². The van der Waals surface area contributed by atoms with Crippen molar-refractivity contribution in [2.45, 2.75) is 59.8 Å². The highest BCUT2D eigenvalue weighted by atomic mass is 16.5. The smallest absolute Gasteiger partial charge is 0.333 e. The van der Waals surface area contributed by atoms with Crippen LogP contribution in [0.1, 0.15) is 59.8 Å². The minimum Gasteiger partial charge on any atom is -0.478 e. The van der Waals surface area contributed by atoms with Crippen LogP contribution >= 0.6 is 0 Å². The number of carbonyl (C=O) groups is 3. The van der Waals surface area contributed by atoms with Gasteiger partial charge in [-0.2, -0.15) is 0 Å². The zero-order valence-corrected chi connectivity index (χ0v) is 16.9. The number of methoxy groups -OCH3 is 1. The predicted molar refractivity (Wildman–Crippen MR) is 104 cm³/mol. The van der Waals surface area contributed by atoms with Gasteiger partial charge in [-0.15, -0.1) is 0 Å². The van der Waals surface area contributed by atoms with E-state index in [1.807, 2.05) is 6.92 Å². The van der Waals surface area contributed by atoms with Crippen molar-refractivity contribution in [3.8, 4) is 0 Å². The molecule has 0 atom stereocenters. The van der Waals surface area contributed by atoms with Crippen LogP contribution in [0, 0.1) is 0 Å². The molecule has 6 nitrogen and oxygen atoms in total. The lowest BCUT2D eigenvalue weighted by molar-refractivity contribution is -0.139. The van der Waals surface area contributed by atoms with Crippen LogP contribution in [-0.2, 0) is 23.9 Å². The Hall–Kier alpha value is -2.37. The molecular weight excluding hydrogens is 336 g/mol. The molecule has 0 amide bonds. The second kappa shape index (κ2) is 19.0. The molecule has 0 aliphatic rings. The first-order chi connectivity index (χ1) is 12.0. The minimum atomic E-state index is -0.935. The Morgan fingerprint density at radius 2 is 1.38 bits per heavy atom. The van der Waals surface area contributed by atoms with E-state index in [9.17, 15) is 14.4 Å². The maximum Gasteiger partial charge on any atom is 0.333 e. The first kappa shape index (κ1) is 28.4. The number of hydrogen-bond donors (Lipinski definition) is 1. The Morgan fingerprint density at radius 1 is 0.885 bits per heavy atom. The summed E-state index contributed by atoms with van der Waals surface area (Å²) in [7, 11) is 1.33. The number of hydrogen-bond acceptors (Lipinski definition) is 5. The summed E-state index contributed by atoms with van der Waals surface area (Å²) < 4.78 is 9.28. The molecule has 1 N–H and O–H groups in total. The van der Waals surface area contributed by atoms with Crippen LogP contribution in [-0.4, -0.2) is 36.7 Å². The van der Waals surface area contributed by atoms with Gasteiger partial charge in [-0.05, 0) is 26.7 Å². The quantitative estimate of drug-likeness (QED) is 0.366. The highest BCUT2D eigenvalue weighted by Crippen LogP contribution is 2.03. The van der Waals surface area contributed by atoms with E-state index in [0.29, 0.717) is 24.2 Å². The molecule has 0 unspecified atom stereocenters. The van der Waals surface area contributed by atoms with E-state index in [1.165, 1.54) is 26.9 Å². The van der Waals surface area contributed by atoms with E-state index in [0.717, 1.165) is 12.8 Å². The first-order valence-corrected chi connectivity index (χ1v) is 8.52. The lowest BCUT2D eigenvalue weighted by atomic mass is 10.2. The molecule has 0 aliphatic heterocycles. The van der Waals surface area contributed by atoms with Crippen LogP contribution < -0.4 is 0 Å². The molecular formula is C20H34O6. The van der Waals surface area contributed by atoms with Crippen molar-refractivity contribution in [1.82, 2.24) is 0 Å². The number of ether oxygens (including phenoxy) is 2. The van der Waals surface area contributed by atoms with Crippen molar-refractivity contribution in [2.24, 2.45) is 0 Å². The summed E-state index contributed by atoms with van der Waals surface area (Å²) in [6.45, 7) is 17.8. The topological polar surface area (TPSA) is 89.9 Å². The molecule has 150 valence electrons. The van der Waals surface area contributed by atoms with Gasteiger partial charge in [-0.1, -0.05) is 52.8 Å². The average molecular weight is 370 g/mol. The van der Waals surface area contributed by atoms with Crippen molar-refractivity contribution in [2.75, 3.05) is 13.7 Å². The standard InChI is InChI=1S/C11H20O2.C5H8O2.C4H6O2/c1-4-6-7-8-9-13-11(12)10(3)5-2;1-4(2)5(6)7-3;1-3(2)4(5)6/h3-9H2,1-2H3;1H2,2-3H3;1H2,2H3,(H,5,6). The summed E-state index contributed by atoms with van der Waals surface area (Å²) in [6, 6.07) is 0. The number of esters is 2. The van der Waals surface area contributed by atoms with Gasteiger partial charge < -0.3 is 14.6 Å². The van der Waals surface area contributed by atoms with Crippen LogP contribution in [0.15, 0.2) is 36.5 Å². The van der Waals surface area contributed by atoms with E-state index < -0.39 is 5.97 Å². The molecule has 0 aromatic rings. The lowest BCUT2D eigenvalue weighted by Crippen LogP contribution is -2.07. The lowest BCUT2D eigenvalue weighted by Gasteiger charge is -2.04. The molecule has 0 aliphatic carbocycles. The van der Waals surface area contributed by atoms with E-state index >= 15 is 0 Å². The molecule has 0 aromatic carbocycles. The van der Waals surface area contributed by atoms with E-state index in [2.05, 4.69) is 31.4 Å². The highest BCUT2D eigenvalue weighted by molar-refractivity contribution is 5.87. The fraction of sp³-hybridized carbons (Fsp3) is 0.550. The second-order valence-electron chi connectivity index (χ2n) is 5.51. The Morgan fingerprint density at radius 3 is 1.65 bits per heavy atom. The van der Waals surface area contributed by atoms with Gasteiger partial charge in [0.05, 0.1) is 13.7 Å². The van der Waals surface area contributed by atoms with E-state index in [1.54, 1.807) is 6.92 Å². The van der Waals surface area contributed by atoms with Crippen LogP contribution in [0.5, 0.6) is 0 Å². The first-order valence-electron chi connectivity index (χ1n) is 8.52. The Kier molecular flexibility index (Phi) is 20.7. The summed E-state index contributed by atoms with van der Waals surface area (Å²) in [4.78, 5) is 30.9. The normalized spacial score (nSPS) is 8.65. The predicted octanol–water partition coefficient (Wildman–Crippen LogP) is 4.46. The van der Waals surface area contributed by atoms with Crippen LogP contribution in [0.2, 0.25) is 0 Å². The second-order valence-corrected chi connectivity index (χ2v) is 5.51. The number of aliphatic carboxylic acids is 1. The van der Waals surface area contributed by atoms with Gasteiger partial charge in [0.25, 0.3) is 0 Å². The molecule has 0 bridgehead atoms. The van der Waals surface area contributed by atoms with Crippen LogP contribution in [0.25, 0.3) is 0 Å². The van der Waals surface area contributed by atoms with Crippen molar-refractivity contribution in [3.05, 3.63) is 36.5 Å². The Bertz CT molecular complexity index is 465. The summed E-state index contributed by atoms with van der Waals surface area (Å²) in [5, 5.41) is 7.89. The number of carbonyl (C=O) groups excluding carboxylic acids is 2. The van der Waals surface area contributed by atoms with Gasteiger partial charge in [0.1, 0.15) is 0 Å². The molecule has 0 radical (unpaired) electrons. The summed E-state index contributed by atoms with van der Waals surface area (Å²) in [6.07, 6.45) is 5.20. The van der Waals surface area contributed by atoms with Gasteiger partial charge in [-0.3, -0.25) is 0 Å². The third-order valence-electron chi connectivity index (χ3n) is 2.85. The number of carboxylic acids is 1. The molecule has 26 heavy (non-hydrogen) atoms. The Labute approximate surface area is 157 Å². The Balaban J connectivity index is -0.000000342. The summed E-state index contributed by atoms with van der Waals surface area (Å²) >= 11 is 0. The van der Waals surface area contributed by atoms with Crippen molar-refractivity contribution in [3.63, 3.8) is 0 Å². The number of rotatable bonds is 9. The fourth-order valence-corrected chi connectivity index (χ4v) is 1.11. The maximum absolute atomic E-state index is 11.1. The zero-order chi connectivity index (χ0) is 21.1. The van der Waals surface area contributed by atoms with Gasteiger partial charge in [0, 0.05) is 16.7 Å². The van der Waals surface area contributed by atoms with E-state index in [4.69, 9.17) is 9.84 Å². The highest BCUT2D eigenvalue weighted by Gasteiger charge is 2.04. The van der Waals surface area contributed by atoms with Gasteiger partial charge in [0.2, 0.25) is 0 Å². The molecule has 0 spiro atoms. The third kappa shape index (κ3) is 21.6. The van der Waals surface area contributed by atoms with E-state index in [-0.39, 0.29) is 17.5 Å². The van der Waals surface area contributed by atoms with Gasteiger partial charge >= 0.3 is 17.9 Å². The third-order valence-corrected chi connectivity index (χ3v) is 2.85. The molecule has 0 saturated carbocycles. The summed E-state index contributed by atoms with van der Waals surface area (Å²) in [5.41, 5.74) is 1.17. The van der Waals surface area contributed by atoms with Crippen molar-refractivity contribution >= 4 is 17.9 Å². The monoisotopic (exact) mass is 370 g/mol. The molecule has 6 heteroatoms. The molecule has 0 saturated heterocycles. The average Bonchev–Trinajstić information content (AvgIpc) is 2.60. The van der Waals surface area contributed by atoms with Crippen molar-refractivity contribution in [1.29, 1.82) is 0 Å². The van der Waals surface area contributed by atoms with Gasteiger partial charge in [0.15, 0.2) is 0 Å². The minimum absolute atomic E-state index is 0.176. The summed E-state index contributed by atoms with van der Waals surface area (Å²) in [5.74, 6) is -1.52. The number of carboxylic acid groups (broad SMARTS) is 1. The largest absolute Gasteiger partial charge is 0.478 e. The SMILES string of the molecule is C=C(C)C(=O)O.C=C(C)C(=O)OC.C=C(CC)C(=O)OCCCCCC. The van der Waals surface area contributed by atoms with Crippen molar-refractivity contribution < 1.29 is 29.0 Å². The molecule has 0 fully saturated rings. The molecule has 0 aromatic heterocycles. The maximum atomic E-state index is 11.1. The zero-order valence-electron chi connectivity index (χ0n) is 16.9. The van der Waals surface area contributed by atoms with Crippen LogP contribution in [0.4, 0.5) is 0 Å². The van der Waals surface area contributed by atoms with Gasteiger partial charge in [-0.25, -0.2) is 14.4 Å². The number of unbranched alkanes of at least 4 members (excludes halogenated alkanes) is 3. The molecule has 0 rings (SSSR count). The fourth-order valence-electron chi connectivity index (χ4n) is 1.11. The molecule has 0 heterocycles.